The first kappa shape index (κ1) is 22.6. The lowest BCUT2D eigenvalue weighted by Crippen LogP contribution is -2.26. The molecule has 4 aromatic rings. The monoisotopic (exact) mass is 461 g/mol. The molecule has 33 heavy (non-hydrogen) atoms. The van der Waals surface area contributed by atoms with Crippen LogP contribution in [0.1, 0.15) is 35.1 Å². The molecule has 0 atom stereocenters. The number of aromatic nitrogens is 2. The Balaban J connectivity index is 1.68. The van der Waals surface area contributed by atoms with Crippen LogP contribution in [0.3, 0.4) is 0 Å². The van der Waals surface area contributed by atoms with Gasteiger partial charge in [-0.1, -0.05) is 30.7 Å². The third-order valence-corrected chi connectivity index (χ3v) is 5.62. The van der Waals surface area contributed by atoms with Gasteiger partial charge in [0.25, 0.3) is 11.5 Å². The zero-order valence-corrected chi connectivity index (χ0v) is 19.2. The lowest BCUT2D eigenvalue weighted by Gasteiger charge is -2.14. The molecule has 1 heterocycles. The van der Waals surface area contributed by atoms with Crippen molar-refractivity contribution in [1.29, 1.82) is 0 Å². The van der Waals surface area contributed by atoms with Crippen molar-refractivity contribution in [2.24, 2.45) is 0 Å². The van der Waals surface area contributed by atoms with Crippen LogP contribution >= 0.6 is 11.6 Å². The number of carbonyl (C=O) groups is 1. The molecule has 0 aliphatic rings. The topological polar surface area (TPSA) is 73.2 Å². The summed E-state index contributed by atoms with van der Waals surface area (Å²) in [6, 6.07) is 19.5. The summed E-state index contributed by atoms with van der Waals surface area (Å²) in [5.74, 6) is 1.14. The second-order valence-corrected chi connectivity index (χ2v) is 8.15. The van der Waals surface area contributed by atoms with Crippen LogP contribution < -0.4 is 15.6 Å². The number of nitrogens with zero attached hydrogens (tertiary/aromatic N) is 2. The van der Waals surface area contributed by atoms with Crippen LogP contribution in [0.4, 0.5) is 5.69 Å². The maximum absolute atomic E-state index is 13.4. The van der Waals surface area contributed by atoms with Gasteiger partial charge in [-0.15, -0.1) is 0 Å². The fourth-order valence-electron chi connectivity index (χ4n) is 3.64. The Morgan fingerprint density at radius 3 is 2.45 bits per heavy atom. The highest BCUT2D eigenvalue weighted by atomic mass is 35.5. The molecule has 168 valence electrons. The van der Waals surface area contributed by atoms with Gasteiger partial charge in [0, 0.05) is 22.7 Å². The summed E-state index contributed by atoms with van der Waals surface area (Å²) in [5, 5.41) is 3.96. The molecule has 4 rings (SSSR count). The summed E-state index contributed by atoms with van der Waals surface area (Å²) in [5.41, 5.74) is 2.46. The van der Waals surface area contributed by atoms with E-state index in [2.05, 4.69) is 12.2 Å². The Bertz CT molecular complexity index is 1350. The molecule has 7 heteroatoms. The molecule has 0 fully saturated rings. The van der Waals surface area contributed by atoms with E-state index in [1.165, 1.54) is 0 Å². The molecule has 0 radical (unpaired) electrons. The molecule has 1 aromatic heterocycles. The third kappa shape index (κ3) is 5.07. The zero-order chi connectivity index (χ0) is 23.4. The molecule has 0 unspecified atom stereocenters. The second-order valence-electron chi connectivity index (χ2n) is 7.71. The second kappa shape index (κ2) is 9.88. The predicted octanol–water partition coefficient (Wildman–Crippen LogP) is 5.31. The van der Waals surface area contributed by atoms with E-state index in [1.807, 2.05) is 24.3 Å². The van der Waals surface area contributed by atoms with E-state index in [4.69, 9.17) is 21.3 Å². The highest BCUT2D eigenvalue weighted by molar-refractivity contribution is 6.30. The highest BCUT2D eigenvalue weighted by Crippen LogP contribution is 2.19. The summed E-state index contributed by atoms with van der Waals surface area (Å²) >= 11 is 6.00. The number of hydrogen-bond donors (Lipinski definition) is 1. The van der Waals surface area contributed by atoms with E-state index in [0.29, 0.717) is 45.9 Å². The summed E-state index contributed by atoms with van der Waals surface area (Å²) < 4.78 is 6.83. The van der Waals surface area contributed by atoms with Gasteiger partial charge in [0.05, 0.1) is 24.6 Å². The van der Waals surface area contributed by atoms with Crippen molar-refractivity contribution in [2.75, 3.05) is 12.4 Å². The first-order valence-electron chi connectivity index (χ1n) is 10.7. The van der Waals surface area contributed by atoms with E-state index in [0.717, 1.165) is 17.8 Å². The van der Waals surface area contributed by atoms with Gasteiger partial charge in [0.15, 0.2) is 0 Å². The van der Waals surface area contributed by atoms with E-state index < -0.39 is 0 Å². The van der Waals surface area contributed by atoms with E-state index in [1.54, 1.807) is 54.1 Å². The largest absolute Gasteiger partial charge is 0.497 e. The number of anilines is 1. The number of rotatable bonds is 7. The average Bonchev–Trinajstić information content (AvgIpc) is 2.83. The minimum atomic E-state index is -0.269. The molecule has 6 nitrogen and oxygen atoms in total. The Kier molecular flexibility index (Phi) is 6.75. The number of ether oxygens (including phenoxy) is 1. The number of aryl methyl sites for hydroxylation is 1. The lowest BCUT2D eigenvalue weighted by atomic mass is 10.1. The van der Waals surface area contributed by atoms with Gasteiger partial charge in [-0.3, -0.25) is 14.2 Å². The number of methoxy groups -OCH3 is 1. The minimum Gasteiger partial charge on any atom is -0.497 e. The van der Waals surface area contributed by atoms with Gasteiger partial charge in [-0.2, -0.15) is 0 Å². The molecule has 0 spiro atoms. The van der Waals surface area contributed by atoms with Crippen molar-refractivity contribution < 1.29 is 9.53 Å². The fourth-order valence-corrected chi connectivity index (χ4v) is 3.77. The van der Waals surface area contributed by atoms with Crippen molar-refractivity contribution in [3.8, 4) is 5.75 Å². The van der Waals surface area contributed by atoms with E-state index in [-0.39, 0.29) is 11.5 Å². The van der Waals surface area contributed by atoms with Crippen LogP contribution in [0.5, 0.6) is 5.75 Å². The number of fused-ring (bicyclic) bond motifs is 1. The van der Waals surface area contributed by atoms with Gasteiger partial charge in [-0.05, 0) is 66.6 Å². The average molecular weight is 462 g/mol. The van der Waals surface area contributed by atoms with Crippen LogP contribution in [0.25, 0.3) is 10.9 Å². The van der Waals surface area contributed by atoms with E-state index in [9.17, 15) is 9.59 Å². The molecular weight excluding hydrogens is 438 g/mol. The summed E-state index contributed by atoms with van der Waals surface area (Å²) in [4.78, 5) is 30.8. The first-order valence-corrected chi connectivity index (χ1v) is 11.1. The molecule has 0 saturated carbocycles. The van der Waals surface area contributed by atoms with Gasteiger partial charge < -0.3 is 10.1 Å². The van der Waals surface area contributed by atoms with Crippen LogP contribution in [0.15, 0.2) is 71.5 Å². The number of nitrogens with one attached hydrogen (secondary N) is 1. The smallest absolute Gasteiger partial charge is 0.261 e. The van der Waals surface area contributed by atoms with Crippen LogP contribution in [0.2, 0.25) is 5.02 Å². The van der Waals surface area contributed by atoms with Gasteiger partial charge in [-0.25, -0.2) is 4.98 Å². The molecule has 0 saturated heterocycles. The molecule has 0 aliphatic heterocycles. The lowest BCUT2D eigenvalue weighted by molar-refractivity contribution is 0.102. The van der Waals surface area contributed by atoms with E-state index >= 15 is 0 Å². The Hall–Kier alpha value is -3.64. The van der Waals surface area contributed by atoms with Gasteiger partial charge in [0.1, 0.15) is 11.6 Å². The van der Waals surface area contributed by atoms with Crippen molar-refractivity contribution in [3.63, 3.8) is 0 Å². The highest BCUT2D eigenvalue weighted by Gasteiger charge is 2.13. The third-order valence-electron chi connectivity index (χ3n) is 5.37. The SMILES string of the molecule is CCCc1nc2ccc(NC(=O)c3ccc(OC)cc3)cc2c(=O)n1Cc1ccc(Cl)cc1. The molecule has 1 N–H and O–H groups in total. The molecule has 3 aromatic carbocycles. The van der Waals surface area contributed by atoms with Crippen LogP contribution in [-0.4, -0.2) is 22.6 Å². The molecule has 0 aliphatic carbocycles. The maximum Gasteiger partial charge on any atom is 0.261 e. The number of carbonyl (C=O) groups excluding carboxylic acids is 1. The quantitative estimate of drug-likeness (QED) is 0.404. The number of benzene rings is 3. The predicted molar refractivity (Wildman–Crippen MR) is 131 cm³/mol. The maximum atomic E-state index is 13.4. The molecular formula is C26H24ClN3O3. The Labute approximate surface area is 196 Å². The summed E-state index contributed by atoms with van der Waals surface area (Å²) in [6.45, 7) is 2.46. The number of halogens is 1. The van der Waals surface area contributed by atoms with Crippen molar-refractivity contribution in [1.82, 2.24) is 9.55 Å². The molecule has 1 amide bonds. The number of amides is 1. The van der Waals surface area contributed by atoms with Crippen molar-refractivity contribution in [2.45, 2.75) is 26.3 Å². The zero-order valence-electron chi connectivity index (χ0n) is 18.5. The van der Waals surface area contributed by atoms with Gasteiger partial charge in [0.2, 0.25) is 0 Å². The van der Waals surface area contributed by atoms with Crippen LogP contribution in [-0.2, 0) is 13.0 Å². The van der Waals surface area contributed by atoms with Gasteiger partial charge >= 0.3 is 0 Å². The summed E-state index contributed by atoms with van der Waals surface area (Å²) in [7, 11) is 1.57. The minimum absolute atomic E-state index is 0.140. The Morgan fingerprint density at radius 2 is 1.79 bits per heavy atom. The first-order chi connectivity index (χ1) is 16.0. The fraction of sp³-hybridized carbons (Fsp3) is 0.192. The van der Waals surface area contributed by atoms with Crippen molar-refractivity contribution >= 4 is 34.1 Å². The molecule has 0 bridgehead atoms. The Morgan fingerprint density at radius 1 is 1.06 bits per heavy atom. The van der Waals surface area contributed by atoms with Crippen LogP contribution in [0, 0.1) is 0 Å². The number of hydrogen-bond acceptors (Lipinski definition) is 4. The van der Waals surface area contributed by atoms with Crippen molar-refractivity contribution in [3.05, 3.63) is 99.1 Å². The standard InChI is InChI=1S/C26H24ClN3O3/c1-3-4-24-29-23-14-11-20(28-25(31)18-7-12-21(33-2)13-8-18)15-22(23)26(32)30(24)16-17-5-9-19(27)10-6-17/h5-15H,3-4,16H2,1-2H3,(H,28,31). The summed E-state index contributed by atoms with van der Waals surface area (Å²) in [6.07, 6.45) is 1.56. The normalized spacial score (nSPS) is 10.9.